The topological polar surface area (TPSA) is 82.1 Å². The molecule has 0 saturated carbocycles. The molecule has 0 fully saturated rings. The van der Waals surface area contributed by atoms with Gasteiger partial charge in [-0.25, -0.2) is 5.01 Å². The number of rotatable bonds is 6. The van der Waals surface area contributed by atoms with Crippen molar-refractivity contribution in [2.45, 2.75) is 46.3 Å². The smallest absolute Gasteiger partial charge is 0.331 e. The highest BCUT2D eigenvalue weighted by atomic mass is 19.4. The van der Waals surface area contributed by atoms with Gasteiger partial charge in [-0.05, 0) is 55.7 Å². The van der Waals surface area contributed by atoms with Crippen LogP contribution in [-0.2, 0) is 20.9 Å². The molecular weight excluding hydrogens is 449 g/mol. The molecule has 2 aromatic carbocycles. The molecule has 0 bridgehead atoms. The maximum absolute atomic E-state index is 12.8. The Morgan fingerprint density at radius 1 is 1.12 bits per heavy atom. The molecule has 7 nitrogen and oxygen atoms in total. The minimum atomic E-state index is -4.96. The Balaban J connectivity index is 1.77. The number of nitrogens with one attached hydrogen (secondary N) is 1. The van der Waals surface area contributed by atoms with Gasteiger partial charge in [0.1, 0.15) is 5.71 Å². The second kappa shape index (κ2) is 10.1. The molecule has 0 atom stereocenters. The summed E-state index contributed by atoms with van der Waals surface area (Å²) >= 11 is 0. The molecule has 0 spiro atoms. The third-order valence-corrected chi connectivity index (χ3v) is 5.36. The number of hydrogen-bond donors (Lipinski definition) is 1. The predicted molar refractivity (Wildman–Crippen MR) is 122 cm³/mol. The lowest BCUT2D eigenvalue weighted by Gasteiger charge is -2.25. The van der Waals surface area contributed by atoms with Crippen molar-refractivity contribution >= 4 is 34.8 Å². The van der Waals surface area contributed by atoms with Gasteiger partial charge in [-0.1, -0.05) is 24.3 Å². The second-order valence-corrected chi connectivity index (χ2v) is 8.01. The standard InChI is InChI=1S/C24H25F3N4O3/c1-4-30(23(34)24(25,26)27)14-17-6-5-7-18(13-17)28-22(33)19-10-11-21(32)31(29-19)20-12-15(2)8-9-16(20)3/h5-9,12-13H,4,10-11,14H2,1-3H3,(H,28,33). The molecule has 0 aromatic heterocycles. The van der Waals surface area contributed by atoms with Gasteiger partial charge >= 0.3 is 12.1 Å². The molecule has 0 radical (unpaired) electrons. The fourth-order valence-electron chi connectivity index (χ4n) is 3.53. The monoisotopic (exact) mass is 474 g/mol. The van der Waals surface area contributed by atoms with Crippen molar-refractivity contribution in [3.05, 3.63) is 59.2 Å². The molecule has 0 unspecified atom stereocenters. The number of hydrazone groups is 1. The summed E-state index contributed by atoms with van der Waals surface area (Å²) in [5.41, 5.74) is 3.32. The summed E-state index contributed by atoms with van der Waals surface area (Å²) < 4.78 is 38.4. The summed E-state index contributed by atoms with van der Waals surface area (Å²) in [7, 11) is 0. The highest BCUT2D eigenvalue weighted by molar-refractivity contribution is 6.44. The SMILES string of the molecule is CCN(Cc1cccc(NC(=O)C2=NN(c3cc(C)ccc3C)C(=O)CC2)c1)C(=O)C(F)(F)F. The molecule has 1 aliphatic rings. The van der Waals surface area contributed by atoms with Crippen molar-refractivity contribution in [2.24, 2.45) is 5.10 Å². The van der Waals surface area contributed by atoms with Gasteiger partial charge in [0.05, 0.1) is 5.69 Å². The van der Waals surface area contributed by atoms with E-state index in [4.69, 9.17) is 0 Å². The van der Waals surface area contributed by atoms with Crippen LogP contribution in [0.15, 0.2) is 47.6 Å². The zero-order chi connectivity index (χ0) is 25.0. The fourth-order valence-corrected chi connectivity index (χ4v) is 3.53. The van der Waals surface area contributed by atoms with E-state index < -0.39 is 18.0 Å². The highest BCUT2D eigenvalue weighted by Gasteiger charge is 2.41. The van der Waals surface area contributed by atoms with Crippen molar-refractivity contribution in [3.8, 4) is 0 Å². The molecule has 1 heterocycles. The first-order chi connectivity index (χ1) is 16.0. The van der Waals surface area contributed by atoms with Gasteiger partial charge in [0.25, 0.3) is 5.91 Å². The van der Waals surface area contributed by atoms with Crippen LogP contribution in [0.5, 0.6) is 0 Å². The zero-order valence-corrected chi connectivity index (χ0v) is 19.1. The number of carbonyl (C=O) groups excluding carboxylic acids is 3. The summed E-state index contributed by atoms with van der Waals surface area (Å²) in [6, 6.07) is 11.8. The minimum Gasteiger partial charge on any atom is -0.331 e. The van der Waals surface area contributed by atoms with Crippen LogP contribution in [0.4, 0.5) is 24.5 Å². The van der Waals surface area contributed by atoms with E-state index in [0.29, 0.717) is 21.8 Å². The molecule has 10 heteroatoms. The van der Waals surface area contributed by atoms with E-state index in [9.17, 15) is 27.6 Å². The van der Waals surface area contributed by atoms with Crippen molar-refractivity contribution in [2.75, 3.05) is 16.9 Å². The number of aryl methyl sites for hydroxylation is 2. The van der Waals surface area contributed by atoms with Crippen LogP contribution < -0.4 is 10.3 Å². The van der Waals surface area contributed by atoms with Crippen LogP contribution in [0.3, 0.4) is 0 Å². The van der Waals surface area contributed by atoms with E-state index in [1.165, 1.54) is 18.0 Å². The maximum Gasteiger partial charge on any atom is 0.471 e. The molecule has 1 aliphatic heterocycles. The largest absolute Gasteiger partial charge is 0.471 e. The van der Waals surface area contributed by atoms with E-state index in [2.05, 4.69) is 10.4 Å². The summed E-state index contributed by atoms with van der Waals surface area (Å²) in [5.74, 6) is -2.66. The van der Waals surface area contributed by atoms with Crippen LogP contribution in [-0.4, -0.2) is 41.1 Å². The van der Waals surface area contributed by atoms with E-state index in [1.54, 1.807) is 18.2 Å². The Kier molecular flexibility index (Phi) is 7.38. The molecule has 2 aromatic rings. The van der Waals surface area contributed by atoms with Gasteiger partial charge in [-0.3, -0.25) is 14.4 Å². The number of amides is 3. The quantitative estimate of drug-likeness (QED) is 0.677. The Bertz CT molecular complexity index is 1140. The summed E-state index contributed by atoms with van der Waals surface area (Å²) in [6.07, 6.45) is -4.68. The number of carbonyl (C=O) groups is 3. The second-order valence-electron chi connectivity index (χ2n) is 8.01. The fraction of sp³-hybridized carbons (Fsp3) is 0.333. The van der Waals surface area contributed by atoms with Gasteiger partial charge in [-0.2, -0.15) is 18.3 Å². The van der Waals surface area contributed by atoms with Gasteiger partial charge in [0, 0.05) is 31.6 Å². The van der Waals surface area contributed by atoms with Gasteiger partial charge < -0.3 is 10.2 Å². The lowest BCUT2D eigenvalue weighted by atomic mass is 10.1. The molecule has 1 N–H and O–H groups in total. The van der Waals surface area contributed by atoms with Crippen LogP contribution in [0.1, 0.15) is 36.5 Å². The van der Waals surface area contributed by atoms with Crippen LogP contribution >= 0.6 is 0 Å². The van der Waals surface area contributed by atoms with E-state index in [1.807, 2.05) is 32.0 Å². The van der Waals surface area contributed by atoms with E-state index in [0.717, 1.165) is 11.1 Å². The van der Waals surface area contributed by atoms with Gasteiger partial charge in [-0.15, -0.1) is 0 Å². The normalized spacial score (nSPS) is 14.0. The van der Waals surface area contributed by atoms with Crippen molar-refractivity contribution in [1.82, 2.24) is 4.90 Å². The average molecular weight is 474 g/mol. The molecule has 0 aliphatic carbocycles. The molecular formula is C24H25F3N4O3. The average Bonchev–Trinajstić information content (AvgIpc) is 2.78. The third kappa shape index (κ3) is 5.81. The van der Waals surface area contributed by atoms with Crippen LogP contribution in [0.25, 0.3) is 0 Å². The first-order valence-corrected chi connectivity index (χ1v) is 10.7. The Hall–Kier alpha value is -3.69. The maximum atomic E-state index is 12.8. The van der Waals surface area contributed by atoms with Crippen molar-refractivity contribution in [3.63, 3.8) is 0 Å². The number of hydrogen-bond acceptors (Lipinski definition) is 4. The Morgan fingerprint density at radius 3 is 2.53 bits per heavy atom. The molecule has 0 saturated heterocycles. The van der Waals surface area contributed by atoms with Gasteiger partial charge in [0.2, 0.25) is 5.91 Å². The zero-order valence-electron chi connectivity index (χ0n) is 19.1. The lowest BCUT2D eigenvalue weighted by Crippen LogP contribution is -2.40. The number of nitrogens with zero attached hydrogens (tertiary/aromatic N) is 3. The predicted octanol–water partition coefficient (Wildman–Crippen LogP) is 4.34. The number of anilines is 2. The van der Waals surface area contributed by atoms with Crippen molar-refractivity contribution < 1.29 is 27.6 Å². The first kappa shape index (κ1) is 24.9. The molecule has 180 valence electrons. The summed E-state index contributed by atoms with van der Waals surface area (Å²) in [4.78, 5) is 37.6. The van der Waals surface area contributed by atoms with Crippen molar-refractivity contribution in [1.29, 1.82) is 0 Å². The van der Waals surface area contributed by atoms with Crippen LogP contribution in [0.2, 0.25) is 0 Å². The van der Waals surface area contributed by atoms with E-state index in [-0.39, 0.29) is 37.6 Å². The van der Waals surface area contributed by atoms with Gasteiger partial charge in [0.15, 0.2) is 0 Å². The number of benzene rings is 2. The lowest BCUT2D eigenvalue weighted by molar-refractivity contribution is -0.185. The summed E-state index contributed by atoms with van der Waals surface area (Å²) in [6.45, 7) is 4.83. The number of alkyl halides is 3. The third-order valence-electron chi connectivity index (χ3n) is 5.36. The highest BCUT2D eigenvalue weighted by Crippen LogP contribution is 2.26. The Labute approximate surface area is 195 Å². The Morgan fingerprint density at radius 2 is 1.85 bits per heavy atom. The first-order valence-electron chi connectivity index (χ1n) is 10.7. The molecule has 3 amide bonds. The van der Waals surface area contributed by atoms with Crippen LogP contribution in [0, 0.1) is 13.8 Å². The summed E-state index contributed by atoms with van der Waals surface area (Å²) in [5, 5.41) is 8.19. The van der Waals surface area contributed by atoms with E-state index >= 15 is 0 Å². The minimum absolute atomic E-state index is 0.116. The molecule has 3 rings (SSSR count). The molecule has 34 heavy (non-hydrogen) atoms. The number of halogens is 3.